The molecule has 0 aliphatic carbocycles. The van der Waals surface area contributed by atoms with Crippen LogP contribution in [0.5, 0.6) is 0 Å². The highest BCUT2D eigenvalue weighted by molar-refractivity contribution is 5.99. The van der Waals surface area contributed by atoms with Crippen molar-refractivity contribution >= 4 is 34.0 Å². The third-order valence-electron chi connectivity index (χ3n) is 7.55. The molecule has 1 fully saturated rings. The number of aromatic nitrogens is 6. The molecule has 1 unspecified atom stereocenters. The average molecular weight is 556 g/mol. The van der Waals surface area contributed by atoms with Crippen molar-refractivity contribution in [1.82, 2.24) is 35.5 Å². The smallest absolute Gasteiger partial charge is 0.268 e. The highest BCUT2D eigenvalue weighted by Crippen LogP contribution is 2.26. The van der Waals surface area contributed by atoms with Gasteiger partial charge in [0, 0.05) is 77.3 Å². The van der Waals surface area contributed by atoms with Crippen LogP contribution in [0, 0.1) is 0 Å². The Morgan fingerprint density at radius 2 is 1.79 bits per heavy atom. The van der Waals surface area contributed by atoms with E-state index in [1.165, 1.54) is 0 Å². The van der Waals surface area contributed by atoms with E-state index < -0.39 is 0 Å². The molecule has 0 bridgehead atoms. The second kappa shape index (κ2) is 11.2. The number of carbonyl (C=O) groups excluding carboxylic acids is 1. The van der Waals surface area contributed by atoms with Crippen molar-refractivity contribution in [2.24, 2.45) is 0 Å². The summed E-state index contributed by atoms with van der Waals surface area (Å²) in [5.74, 6) is 1.18. The van der Waals surface area contributed by atoms with Crippen molar-refractivity contribution < 1.29 is 4.79 Å². The number of nitrogens with zero attached hydrogens (tertiary/aromatic N) is 5. The van der Waals surface area contributed by atoms with Gasteiger partial charge in [-0.3, -0.25) is 14.9 Å². The molecule has 7 rings (SSSR count). The Labute approximate surface area is 242 Å². The quantitative estimate of drug-likeness (QED) is 0.203. The Kier molecular flexibility index (Phi) is 6.77. The van der Waals surface area contributed by atoms with Gasteiger partial charge in [0.2, 0.25) is 0 Å². The number of pyridine rings is 1. The van der Waals surface area contributed by atoms with Gasteiger partial charge in [0.1, 0.15) is 11.5 Å². The zero-order chi connectivity index (χ0) is 28.3. The van der Waals surface area contributed by atoms with Gasteiger partial charge < -0.3 is 20.5 Å². The van der Waals surface area contributed by atoms with E-state index in [2.05, 4.69) is 40.7 Å². The number of hydrogen-bond acceptors (Lipinski definition) is 7. The maximum atomic E-state index is 13.2. The molecule has 0 saturated carbocycles. The van der Waals surface area contributed by atoms with Crippen molar-refractivity contribution in [3.63, 3.8) is 0 Å². The lowest BCUT2D eigenvalue weighted by Gasteiger charge is -2.34. The molecule has 1 atom stereocenters. The van der Waals surface area contributed by atoms with Gasteiger partial charge in [0.15, 0.2) is 5.82 Å². The van der Waals surface area contributed by atoms with Gasteiger partial charge in [0.25, 0.3) is 5.91 Å². The number of carbonyl (C=O) groups is 1. The molecular weight excluding hydrogens is 526 g/mol. The van der Waals surface area contributed by atoms with Crippen LogP contribution in [0.4, 0.5) is 17.2 Å². The maximum absolute atomic E-state index is 13.2. The van der Waals surface area contributed by atoms with Crippen molar-refractivity contribution in [3.05, 3.63) is 103 Å². The lowest BCUT2D eigenvalue weighted by Crippen LogP contribution is -2.47. The molecule has 2 aromatic carbocycles. The zero-order valence-electron chi connectivity index (χ0n) is 22.8. The van der Waals surface area contributed by atoms with Gasteiger partial charge in [-0.1, -0.05) is 24.3 Å². The molecule has 10 nitrogen and oxygen atoms in total. The molecular formula is C32H29N9O. The maximum Gasteiger partial charge on any atom is 0.268 e. The summed E-state index contributed by atoms with van der Waals surface area (Å²) in [6.07, 6.45) is 11.0. The lowest BCUT2D eigenvalue weighted by atomic mass is 10.0. The topological polar surface area (TPSA) is 128 Å². The summed E-state index contributed by atoms with van der Waals surface area (Å²) < 4.78 is 0. The predicted octanol–water partition coefficient (Wildman–Crippen LogP) is 5.55. The molecule has 208 valence electrons. The largest absolute Gasteiger partial charge is 0.369 e. The van der Waals surface area contributed by atoms with Crippen LogP contribution in [0.3, 0.4) is 0 Å². The van der Waals surface area contributed by atoms with E-state index in [1.807, 2.05) is 72.9 Å². The van der Waals surface area contributed by atoms with Gasteiger partial charge in [-0.2, -0.15) is 5.10 Å². The minimum Gasteiger partial charge on any atom is -0.369 e. The van der Waals surface area contributed by atoms with Gasteiger partial charge in [-0.15, -0.1) is 0 Å². The van der Waals surface area contributed by atoms with E-state index in [9.17, 15) is 4.79 Å². The Morgan fingerprint density at radius 1 is 0.929 bits per heavy atom. The molecule has 4 aromatic heterocycles. The normalized spacial score (nSPS) is 15.0. The summed E-state index contributed by atoms with van der Waals surface area (Å²) >= 11 is 0. The zero-order valence-corrected chi connectivity index (χ0v) is 22.8. The SMILES string of the molecule is O=C(NC1CCCN(c2ccncc2)C1)c1cc2ccc(-c3nccc(Nc4ccc(-c5cn[nH]c5)cc4)n3)cc2[nH]1. The number of H-pyrrole nitrogens is 2. The van der Waals surface area contributed by atoms with Crippen LogP contribution in [-0.4, -0.2) is 55.2 Å². The first-order valence-corrected chi connectivity index (χ1v) is 14.0. The van der Waals surface area contributed by atoms with Gasteiger partial charge >= 0.3 is 0 Å². The third kappa shape index (κ3) is 5.42. The van der Waals surface area contributed by atoms with E-state index in [0.717, 1.165) is 64.9 Å². The lowest BCUT2D eigenvalue weighted by molar-refractivity contribution is 0.0929. The van der Waals surface area contributed by atoms with Gasteiger partial charge in [0.05, 0.1) is 6.20 Å². The first kappa shape index (κ1) is 25.5. The standard InChI is InChI=1S/C32H29N9O/c42-32(38-26-2-1-15-41(20-26)27-9-12-33-13-10-27)29-16-22-3-4-23(17-28(22)39-29)31-34-14-11-30(40-31)37-25-7-5-21(6-8-25)24-18-35-36-19-24/h3-14,16-19,26,39H,1-2,15,20H2,(H,35,36)(H,38,42)(H,34,37,40). The fourth-order valence-corrected chi connectivity index (χ4v) is 5.41. The van der Waals surface area contributed by atoms with E-state index in [1.54, 1.807) is 24.8 Å². The molecule has 42 heavy (non-hydrogen) atoms. The van der Waals surface area contributed by atoms with E-state index >= 15 is 0 Å². The van der Waals surface area contributed by atoms with Gasteiger partial charge in [-0.05, 0) is 60.9 Å². The molecule has 6 aromatic rings. The minimum absolute atomic E-state index is 0.0758. The van der Waals surface area contributed by atoms with Crippen molar-refractivity contribution in [2.75, 3.05) is 23.3 Å². The fourth-order valence-electron chi connectivity index (χ4n) is 5.41. The third-order valence-corrected chi connectivity index (χ3v) is 7.55. The van der Waals surface area contributed by atoms with Crippen LogP contribution in [0.15, 0.2) is 97.7 Å². The minimum atomic E-state index is -0.101. The number of aromatic amines is 2. The number of anilines is 3. The van der Waals surface area contributed by atoms with Crippen molar-refractivity contribution in [2.45, 2.75) is 18.9 Å². The Hall–Kier alpha value is -5.51. The van der Waals surface area contributed by atoms with Crippen LogP contribution in [0.2, 0.25) is 0 Å². The number of nitrogens with one attached hydrogen (secondary N) is 4. The summed E-state index contributed by atoms with van der Waals surface area (Å²) in [7, 11) is 0. The Balaban J connectivity index is 1.04. The first-order chi connectivity index (χ1) is 20.7. The Bertz CT molecular complexity index is 1810. The van der Waals surface area contributed by atoms with Crippen LogP contribution in [-0.2, 0) is 0 Å². The van der Waals surface area contributed by atoms with Crippen LogP contribution >= 0.6 is 0 Å². The van der Waals surface area contributed by atoms with E-state index in [4.69, 9.17) is 4.98 Å². The second-order valence-electron chi connectivity index (χ2n) is 10.4. The Morgan fingerprint density at radius 3 is 2.62 bits per heavy atom. The van der Waals surface area contributed by atoms with Crippen molar-refractivity contribution in [3.8, 4) is 22.5 Å². The monoisotopic (exact) mass is 555 g/mol. The molecule has 0 spiro atoms. The number of fused-ring (bicyclic) bond motifs is 1. The van der Waals surface area contributed by atoms with E-state index in [0.29, 0.717) is 17.3 Å². The highest BCUT2D eigenvalue weighted by atomic mass is 16.2. The summed E-state index contributed by atoms with van der Waals surface area (Å²) in [6, 6.07) is 21.9. The molecule has 4 N–H and O–H groups in total. The summed E-state index contributed by atoms with van der Waals surface area (Å²) in [4.78, 5) is 32.1. The number of benzene rings is 2. The molecule has 0 radical (unpaired) electrons. The van der Waals surface area contributed by atoms with Crippen LogP contribution < -0.4 is 15.5 Å². The van der Waals surface area contributed by atoms with Crippen LogP contribution in [0.25, 0.3) is 33.4 Å². The molecule has 1 aliphatic rings. The van der Waals surface area contributed by atoms with Crippen LogP contribution in [0.1, 0.15) is 23.3 Å². The summed E-state index contributed by atoms with van der Waals surface area (Å²) in [5.41, 5.74) is 6.42. The first-order valence-electron chi connectivity index (χ1n) is 14.0. The number of rotatable bonds is 7. The highest BCUT2D eigenvalue weighted by Gasteiger charge is 2.23. The van der Waals surface area contributed by atoms with Crippen molar-refractivity contribution in [1.29, 1.82) is 0 Å². The molecule has 1 saturated heterocycles. The summed E-state index contributed by atoms with van der Waals surface area (Å²) in [6.45, 7) is 1.75. The fraction of sp³-hybridized carbons (Fsp3) is 0.156. The second-order valence-corrected chi connectivity index (χ2v) is 10.4. The molecule has 5 heterocycles. The van der Waals surface area contributed by atoms with Gasteiger partial charge in [-0.25, -0.2) is 9.97 Å². The molecule has 10 heteroatoms. The number of piperidine rings is 1. The predicted molar refractivity (Wildman–Crippen MR) is 164 cm³/mol. The van der Waals surface area contributed by atoms with E-state index in [-0.39, 0.29) is 11.9 Å². The number of hydrogen-bond donors (Lipinski definition) is 4. The average Bonchev–Trinajstić information content (AvgIpc) is 3.73. The number of amides is 1. The molecule has 1 amide bonds. The summed E-state index contributed by atoms with van der Waals surface area (Å²) in [5, 5.41) is 14.4. The molecule has 1 aliphatic heterocycles.